The van der Waals surface area contributed by atoms with Gasteiger partial charge < -0.3 is 5.32 Å². The summed E-state index contributed by atoms with van der Waals surface area (Å²) in [5, 5.41) is 2.99. The number of rotatable bonds is 3. The minimum Gasteiger partial charge on any atom is -0.340 e. The van der Waals surface area contributed by atoms with Gasteiger partial charge in [0.15, 0.2) is 0 Å². The lowest BCUT2D eigenvalue weighted by molar-refractivity contribution is -0.138. The van der Waals surface area contributed by atoms with E-state index in [4.69, 9.17) is 0 Å². The van der Waals surface area contributed by atoms with Crippen molar-refractivity contribution in [3.63, 3.8) is 0 Å². The molecular weight excluding hydrogens is 264 g/mol. The highest BCUT2D eigenvalue weighted by Gasteiger charge is 2.55. The number of hydrogen-bond acceptors (Lipinski definition) is 2. The number of amides is 2. The summed E-state index contributed by atoms with van der Waals surface area (Å²) in [5.41, 5.74) is 1.14. The van der Waals surface area contributed by atoms with Gasteiger partial charge in [0.1, 0.15) is 11.6 Å². The zero-order valence-electron chi connectivity index (χ0n) is 12.8. The number of anilines is 1. The van der Waals surface area contributed by atoms with Crippen molar-refractivity contribution in [2.45, 2.75) is 51.6 Å². The molecule has 4 nitrogen and oxygen atoms in total. The Bertz CT molecular complexity index is 594. The van der Waals surface area contributed by atoms with E-state index in [1.807, 2.05) is 45.0 Å². The number of hydrogen-bond donors (Lipinski definition) is 1. The van der Waals surface area contributed by atoms with Crippen LogP contribution in [0.4, 0.5) is 5.69 Å². The molecule has 21 heavy (non-hydrogen) atoms. The van der Waals surface area contributed by atoms with Crippen molar-refractivity contribution in [3.05, 3.63) is 29.8 Å². The standard InChI is InChI=1S/C17H22N2O2/c1-4-13-15(20)18-17(3,12-9-10-12)16(21)19(13)14-8-6-5-7-11(14)2/h5-8,12-13H,4,9-10H2,1-3H3,(H,18,20). The fraction of sp³-hybridized carbons (Fsp3) is 0.529. The van der Waals surface area contributed by atoms with E-state index in [1.165, 1.54) is 0 Å². The van der Waals surface area contributed by atoms with Crippen LogP contribution < -0.4 is 10.2 Å². The molecule has 1 aromatic carbocycles. The monoisotopic (exact) mass is 286 g/mol. The molecule has 1 aromatic rings. The van der Waals surface area contributed by atoms with Gasteiger partial charge in [0, 0.05) is 5.69 Å². The Hall–Kier alpha value is -1.84. The van der Waals surface area contributed by atoms with Gasteiger partial charge >= 0.3 is 0 Å². The van der Waals surface area contributed by atoms with Crippen molar-refractivity contribution in [2.24, 2.45) is 5.92 Å². The van der Waals surface area contributed by atoms with Crippen molar-refractivity contribution in [2.75, 3.05) is 4.90 Å². The molecule has 2 amide bonds. The van der Waals surface area contributed by atoms with E-state index in [0.29, 0.717) is 6.42 Å². The van der Waals surface area contributed by atoms with Gasteiger partial charge in [-0.3, -0.25) is 14.5 Å². The molecule has 2 atom stereocenters. The van der Waals surface area contributed by atoms with E-state index in [2.05, 4.69) is 5.32 Å². The Morgan fingerprint density at radius 1 is 1.29 bits per heavy atom. The summed E-state index contributed by atoms with van der Waals surface area (Å²) in [4.78, 5) is 27.3. The number of carbonyl (C=O) groups is 2. The SMILES string of the molecule is CCC1C(=O)NC(C)(C2CC2)C(=O)N1c1ccccc1C. The lowest BCUT2D eigenvalue weighted by Crippen LogP contribution is -2.70. The van der Waals surface area contributed by atoms with Gasteiger partial charge in [-0.15, -0.1) is 0 Å². The maximum atomic E-state index is 13.1. The third-order valence-electron chi connectivity index (χ3n) is 4.82. The van der Waals surface area contributed by atoms with E-state index in [9.17, 15) is 9.59 Å². The first-order valence-corrected chi connectivity index (χ1v) is 7.70. The van der Waals surface area contributed by atoms with Gasteiger partial charge in [0.25, 0.3) is 5.91 Å². The molecule has 1 N–H and O–H groups in total. The molecule has 112 valence electrons. The van der Waals surface area contributed by atoms with Crippen molar-refractivity contribution >= 4 is 17.5 Å². The van der Waals surface area contributed by atoms with E-state index in [1.54, 1.807) is 4.90 Å². The first-order chi connectivity index (χ1) is 9.99. The summed E-state index contributed by atoms with van der Waals surface area (Å²) in [5.74, 6) is 0.277. The molecule has 2 unspecified atom stereocenters. The van der Waals surface area contributed by atoms with E-state index in [-0.39, 0.29) is 17.7 Å². The fourth-order valence-corrected chi connectivity index (χ4v) is 3.32. The zero-order chi connectivity index (χ0) is 15.2. The second-order valence-corrected chi connectivity index (χ2v) is 6.35. The second kappa shape index (κ2) is 4.86. The normalized spacial score (nSPS) is 29.5. The molecular formula is C17H22N2O2. The average Bonchev–Trinajstić information content (AvgIpc) is 3.28. The van der Waals surface area contributed by atoms with Gasteiger partial charge in [0.05, 0.1) is 0 Å². The third kappa shape index (κ3) is 2.13. The Labute approximate surface area is 125 Å². The minimum absolute atomic E-state index is 0.0326. The zero-order valence-corrected chi connectivity index (χ0v) is 12.8. The van der Waals surface area contributed by atoms with Crippen LogP contribution in [0, 0.1) is 12.8 Å². The summed E-state index contributed by atoms with van der Waals surface area (Å²) in [6.07, 6.45) is 2.65. The Balaban J connectivity index is 2.07. The number of piperazine rings is 1. The highest BCUT2D eigenvalue weighted by molar-refractivity contribution is 6.11. The van der Waals surface area contributed by atoms with Crippen molar-refractivity contribution in [1.82, 2.24) is 5.32 Å². The van der Waals surface area contributed by atoms with Gasteiger partial charge in [-0.05, 0) is 50.7 Å². The van der Waals surface area contributed by atoms with Crippen LogP contribution in [0.15, 0.2) is 24.3 Å². The minimum atomic E-state index is -0.745. The van der Waals surface area contributed by atoms with Crippen LogP contribution in [-0.4, -0.2) is 23.4 Å². The molecule has 1 saturated heterocycles. The predicted octanol–water partition coefficient (Wildman–Crippen LogP) is 2.41. The van der Waals surface area contributed by atoms with Crippen LogP contribution >= 0.6 is 0 Å². The number of nitrogens with zero attached hydrogens (tertiary/aromatic N) is 1. The van der Waals surface area contributed by atoms with E-state index >= 15 is 0 Å². The number of benzene rings is 1. The molecule has 1 saturated carbocycles. The molecule has 0 aromatic heterocycles. The van der Waals surface area contributed by atoms with Crippen LogP contribution in [0.5, 0.6) is 0 Å². The molecule has 1 aliphatic carbocycles. The Morgan fingerprint density at radius 2 is 1.95 bits per heavy atom. The van der Waals surface area contributed by atoms with Gasteiger partial charge in [0.2, 0.25) is 5.91 Å². The number of nitrogens with one attached hydrogen (secondary N) is 1. The number of carbonyl (C=O) groups excluding carboxylic acids is 2. The predicted molar refractivity (Wildman–Crippen MR) is 82.0 cm³/mol. The van der Waals surface area contributed by atoms with Crippen LogP contribution in [0.2, 0.25) is 0 Å². The molecule has 0 radical (unpaired) electrons. The third-order valence-corrected chi connectivity index (χ3v) is 4.82. The summed E-state index contributed by atoms with van der Waals surface area (Å²) in [7, 11) is 0. The van der Waals surface area contributed by atoms with Crippen LogP contribution in [0.1, 0.15) is 38.7 Å². The number of para-hydroxylation sites is 1. The lowest BCUT2D eigenvalue weighted by Gasteiger charge is -2.45. The summed E-state index contributed by atoms with van der Waals surface area (Å²) in [6, 6.07) is 7.38. The summed E-state index contributed by atoms with van der Waals surface area (Å²) < 4.78 is 0. The highest BCUT2D eigenvalue weighted by atomic mass is 16.2. The fourth-order valence-electron chi connectivity index (χ4n) is 3.32. The maximum Gasteiger partial charge on any atom is 0.253 e. The first kappa shape index (κ1) is 14.1. The maximum absolute atomic E-state index is 13.1. The van der Waals surface area contributed by atoms with Crippen LogP contribution in [0.25, 0.3) is 0 Å². The largest absolute Gasteiger partial charge is 0.340 e. The first-order valence-electron chi connectivity index (χ1n) is 7.70. The molecule has 4 heteroatoms. The summed E-state index contributed by atoms with van der Waals surface area (Å²) >= 11 is 0. The van der Waals surface area contributed by atoms with Crippen LogP contribution in [0.3, 0.4) is 0 Å². The highest BCUT2D eigenvalue weighted by Crippen LogP contribution is 2.43. The molecule has 1 aliphatic heterocycles. The summed E-state index contributed by atoms with van der Waals surface area (Å²) in [6.45, 7) is 5.81. The van der Waals surface area contributed by atoms with Crippen molar-refractivity contribution in [3.8, 4) is 0 Å². The van der Waals surface area contributed by atoms with Gasteiger partial charge in [-0.2, -0.15) is 0 Å². The number of aryl methyl sites for hydroxylation is 1. The second-order valence-electron chi connectivity index (χ2n) is 6.35. The smallest absolute Gasteiger partial charge is 0.253 e. The topological polar surface area (TPSA) is 49.4 Å². The average molecular weight is 286 g/mol. The van der Waals surface area contributed by atoms with Crippen LogP contribution in [-0.2, 0) is 9.59 Å². The molecule has 0 spiro atoms. The molecule has 3 rings (SSSR count). The lowest BCUT2D eigenvalue weighted by atomic mass is 9.88. The molecule has 1 heterocycles. The van der Waals surface area contributed by atoms with E-state index in [0.717, 1.165) is 24.1 Å². The molecule has 2 aliphatic rings. The molecule has 0 bridgehead atoms. The Morgan fingerprint density at radius 3 is 2.52 bits per heavy atom. The van der Waals surface area contributed by atoms with E-state index < -0.39 is 11.6 Å². The van der Waals surface area contributed by atoms with Crippen molar-refractivity contribution < 1.29 is 9.59 Å². The van der Waals surface area contributed by atoms with Crippen molar-refractivity contribution in [1.29, 1.82) is 0 Å². The van der Waals surface area contributed by atoms with Gasteiger partial charge in [-0.25, -0.2) is 0 Å². The quantitative estimate of drug-likeness (QED) is 0.927. The van der Waals surface area contributed by atoms with Gasteiger partial charge in [-0.1, -0.05) is 25.1 Å². The molecule has 2 fully saturated rings. The Kier molecular flexibility index (Phi) is 3.27.